The Morgan fingerprint density at radius 1 is 1.41 bits per heavy atom. The number of rotatable bonds is 6. The zero-order valence-corrected chi connectivity index (χ0v) is 13.5. The van der Waals surface area contributed by atoms with Crippen molar-refractivity contribution in [3.8, 4) is 11.5 Å². The molecule has 0 bridgehead atoms. The summed E-state index contributed by atoms with van der Waals surface area (Å²) < 4.78 is 5.42. The van der Waals surface area contributed by atoms with E-state index in [0.29, 0.717) is 18.8 Å². The van der Waals surface area contributed by atoms with E-state index in [-0.39, 0.29) is 17.6 Å². The van der Waals surface area contributed by atoms with Crippen LogP contribution in [-0.4, -0.2) is 48.7 Å². The second-order valence-corrected chi connectivity index (χ2v) is 5.70. The van der Waals surface area contributed by atoms with Crippen LogP contribution in [0.15, 0.2) is 18.2 Å². The van der Waals surface area contributed by atoms with Gasteiger partial charge in [-0.25, -0.2) is 0 Å². The minimum absolute atomic E-state index is 0.118. The third-order valence-corrected chi connectivity index (χ3v) is 4.12. The van der Waals surface area contributed by atoms with Crippen LogP contribution in [0.5, 0.6) is 11.5 Å². The number of amides is 1. The molecular weight excluding hydrogens is 280 g/mol. The van der Waals surface area contributed by atoms with Gasteiger partial charge in [0.2, 0.25) is 5.91 Å². The molecule has 22 heavy (non-hydrogen) atoms. The Labute approximate surface area is 132 Å². The number of phenols is 1. The predicted octanol–water partition coefficient (Wildman–Crippen LogP) is 2.11. The van der Waals surface area contributed by atoms with Gasteiger partial charge in [0.25, 0.3) is 0 Å². The number of nitrogens with zero attached hydrogens (tertiary/aromatic N) is 1. The molecule has 1 atom stereocenters. The van der Waals surface area contributed by atoms with Crippen LogP contribution in [0, 0.1) is 0 Å². The van der Waals surface area contributed by atoms with E-state index in [1.807, 2.05) is 30.9 Å². The summed E-state index contributed by atoms with van der Waals surface area (Å²) in [6.45, 7) is 7.78. The van der Waals surface area contributed by atoms with E-state index in [2.05, 4.69) is 5.32 Å². The largest absolute Gasteiger partial charge is 0.504 e. The van der Waals surface area contributed by atoms with Crippen LogP contribution in [0.2, 0.25) is 0 Å². The van der Waals surface area contributed by atoms with Crippen molar-refractivity contribution in [2.45, 2.75) is 32.6 Å². The number of carbonyl (C=O) groups is 1. The van der Waals surface area contributed by atoms with Crippen LogP contribution in [0.25, 0.3) is 0 Å². The van der Waals surface area contributed by atoms with Gasteiger partial charge in [-0.05, 0) is 25.3 Å². The summed E-state index contributed by atoms with van der Waals surface area (Å²) in [5.74, 6) is 1.04. The Bertz CT molecular complexity index is 499. The van der Waals surface area contributed by atoms with Gasteiger partial charge in [-0.1, -0.05) is 19.1 Å². The molecule has 1 aliphatic heterocycles. The predicted molar refractivity (Wildman–Crippen MR) is 86.4 cm³/mol. The SMILES string of the molecule is CCOc1cccc(C(C)CCC(=O)N2CCNCC2)c1O. The van der Waals surface area contributed by atoms with Crippen LogP contribution in [0.1, 0.15) is 38.2 Å². The Hall–Kier alpha value is -1.75. The molecule has 1 aromatic rings. The van der Waals surface area contributed by atoms with Gasteiger partial charge in [-0.15, -0.1) is 0 Å². The Morgan fingerprint density at radius 3 is 2.82 bits per heavy atom. The molecular formula is C17H26N2O3. The number of hydrogen-bond acceptors (Lipinski definition) is 4. The van der Waals surface area contributed by atoms with E-state index in [0.717, 1.165) is 38.2 Å². The molecule has 0 spiro atoms. The monoisotopic (exact) mass is 306 g/mol. The molecule has 0 radical (unpaired) electrons. The lowest BCUT2D eigenvalue weighted by Crippen LogP contribution is -2.46. The third kappa shape index (κ3) is 4.13. The number of piperazine rings is 1. The van der Waals surface area contributed by atoms with E-state index in [9.17, 15) is 9.90 Å². The number of nitrogens with one attached hydrogen (secondary N) is 1. The highest BCUT2D eigenvalue weighted by atomic mass is 16.5. The first-order chi connectivity index (χ1) is 10.6. The highest BCUT2D eigenvalue weighted by molar-refractivity contribution is 5.76. The molecule has 5 nitrogen and oxygen atoms in total. The maximum Gasteiger partial charge on any atom is 0.222 e. The minimum Gasteiger partial charge on any atom is -0.504 e. The maximum absolute atomic E-state index is 12.2. The van der Waals surface area contributed by atoms with Crippen molar-refractivity contribution in [2.24, 2.45) is 0 Å². The van der Waals surface area contributed by atoms with Crippen molar-refractivity contribution in [1.29, 1.82) is 0 Å². The Kier molecular flexibility index (Phi) is 6.07. The van der Waals surface area contributed by atoms with E-state index in [1.165, 1.54) is 0 Å². The average molecular weight is 306 g/mol. The minimum atomic E-state index is 0.118. The molecule has 1 fully saturated rings. The van der Waals surface area contributed by atoms with Gasteiger partial charge in [-0.2, -0.15) is 0 Å². The molecule has 1 heterocycles. The first-order valence-corrected chi connectivity index (χ1v) is 8.06. The molecule has 0 aromatic heterocycles. The molecule has 1 amide bonds. The second-order valence-electron chi connectivity index (χ2n) is 5.70. The van der Waals surface area contributed by atoms with Crippen molar-refractivity contribution in [3.05, 3.63) is 23.8 Å². The number of benzene rings is 1. The topological polar surface area (TPSA) is 61.8 Å². The van der Waals surface area contributed by atoms with Crippen LogP contribution in [-0.2, 0) is 4.79 Å². The summed E-state index contributed by atoms with van der Waals surface area (Å²) in [5, 5.41) is 13.5. The Balaban J connectivity index is 1.93. The van der Waals surface area contributed by atoms with E-state index < -0.39 is 0 Å². The highest BCUT2D eigenvalue weighted by Crippen LogP contribution is 2.36. The zero-order chi connectivity index (χ0) is 15.9. The fraction of sp³-hybridized carbons (Fsp3) is 0.588. The van der Waals surface area contributed by atoms with Crippen LogP contribution in [0.4, 0.5) is 0 Å². The van der Waals surface area contributed by atoms with Crippen molar-refractivity contribution in [3.63, 3.8) is 0 Å². The fourth-order valence-electron chi connectivity index (χ4n) is 2.78. The number of ether oxygens (including phenoxy) is 1. The molecule has 1 unspecified atom stereocenters. The first kappa shape index (κ1) is 16.6. The van der Waals surface area contributed by atoms with Gasteiger partial charge in [0.05, 0.1) is 6.61 Å². The summed E-state index contributed by atoms with van der Waals surface area (Å²) in [6.07, 6.45) is 1.24. The van der Waals surface area contributed by atoms with Gasteiger partial charge in [0.15, 0.2) is 11.5 Å². The summed E-state index contributed by atoms with van der Waals surface area (Å²) in [4.78, 5) is 14.1. The molecule has 0 aliphatic carbocycles. The Morgan fingerprint density at radius 2 is 2.14 bits per heavy atom. The quantitative estimate of drug-likeness (QED) is 0.845. The summed E-state index contributed by atoms with van der Waals surface area (Å²) in [7, 11) is 0. The normalized spacial score (nSPS) is 16.4. The van der Waals surface area contributed by atoms with Gasteiger partial charge >= 0.3 is 0 Å². The van der Waals surface area contributed by atoms with E-state index in [4.69, 9.17) is 4.74 Å². The van der Waals surface area contributed by atoms with Crippen LogP contribution >= 0.6 is 0 Å². The summed E-state index contributed by atoms with van der Waals surface area (Å²) in [6, 6.07) is 5.55. The van der Waals surface area contributed by atoms with Gasteiger partial charge in [0.1, 0.15) is 0 Å². The molecule has 0 saturated carbocycles. The second kappa shape index (κ2) is 8.03. The van der Waals surface area contributed by atoms with E-state index in [1.54, 1.807) is 6.07 Å². The van der Waals surface area contributed by atoms with Crippen molar-refractivity contribution < 1.29 is 14.6 Å². The number of phenolic OH excluding ortho intramolecular Hbond substituents is 1. The van der Waals surface area contributed by atoms with Gasteiger partial charge in [0, 0.05) is 38.2 Å². The first-order valence-electron chi connectivity index (χ1n) is 8.06. The third-order valence-electron chi connectivity index (χ3n) is 4.12. The smallest absolute Gasteiger partial charge is 0.222 e. The number of carbonyl (C=O) groups excluding carboxylic acids is 1. The molecule has 5 heteroatoms. The summed E-state index contributed by atoms with van der Waals surface area (Å²) >= 11 is 0. The molecule has 2 N–H and O–H groups in total. The molecule has 1 aromatic carbocycles. The molecule has 2 rings (SSSR count). The van der Waals surface area contributed by atoms with Gasteiger partial charge in [-0.3, -0.25) is 4.79 Å². The standard InChI is InChI=1S/C17H26N2O3/c1-3-22-15-6-4-5-14(17(15)21)13(2)7-8-16(20)19-11-9-18-10-12-19/h4-6,13,18,21H,3,7-12H2,1-2H3. The van der Waals surface area contributed by atoms with E-state index >= 15 is 0 Å². The average Bonchev–Trinajstić information content (AvgIpc) is 2.55. The lowest BCUT2D eigenvalue weighted by atomic mass is 9.94. The van der Waals surface area contributed by atoms with Crippen molar-refractivity contribution in [2.75, 3.05) is 32.8 Å². The van der Waals surface area contributed by atoms with Crippen molar-refractivity contribution >= 4 is 5.91 Å². The van der Waals surface area contributed by atoms with Crippen molar-refractivity contribution in [1.82, 2.24) is 10.2 Å². The van der Waals surface area contributed by atoms with Crippen LogP contribution < -0.4 is 10.1 Å². The van der Waals surface area contributed by atoms with Crippen LogP contribution in [0.3, 0.4) is 0 Å². The summed E-state index contributed by atoms with van der Waals surface area (Å²) in [5.41, 5.74) is 0.846. The number of hydrogen-bond donors (Lipinski definition) is 2. The molecule has 1 aliphatic rings. The number of para-hydroxylation sites is 1. The maximum atomic E-state index is 12.2. The molecule has 1 saturated heterocycles. The van der Waals surface area contributed by atoms with Gasteiger partial charge < -0.3 is 20.1 Å². The highest BCUT2D eigenvalue weighted by Gasteiger charge is 2.19. The zero-order valence-electron chi connectivity index (χ0n) is 13.5. The lowest BCUT2D eigenvalue weighted by Gasteiger charge is -2.28. The fourth-order valence-corrected chi connectivity index (χ4v) is 2.78. The molecule has 122 valence electrons. The number of aromatic hydroxyl groups is 1. The lowest BCUT2D eigenvalue weighted by molar-refractivity contribution is -0.131.